The SMILES string of the molecule is NS(=O)(=O)c1cccnc1Oc1ccc(Cl)cc1Cl. The first kappa shape index (κ1) is 14.1. The largest absolute Gasteiger partial charge is 0.436 e. The van der Waals surface area contributed by atoms with Gasteiger partial charge in [-0.3, -0.25) is 0 Å². The molecule has 1 aromatic carbocycles. The summed E-state index contributed by atoms with van der Waals surface area (Å²) in [5, 5.41) is 5.74. The lowest BCUT2D eigenvalue weighted by Crippen LogP contribution is -2.13. The molecule has 0 aliphatic carbocycles. The molecular weight excluding hydrogens is 311 g/mol. The van der Waals surface area contributed by atoms with Crippen molar-refractivity contribution in [1.82, 2.24) is 4.98 Å². The van der Waals surface area contributed by atoms with Crippen LogP contribution in [0.3, 0.4) is 0 Å². The Morgan fingerprint density at radius 1 is 1.21 bits per heavy atom. The van der Waals surface area contributed by atoms with Gasteiger partial charge in [-0.1, -0.05) is 23.2 Å². The fourth-order valence-corrected chi connectivity index (χ4v) is 2.38. The molecule has 0 unspecified atom stereocenters. The van der Waals surface area contributed by atoms with Crippen LogP contribution in [0.15, 0.2) is 41.4 Å². The van der Waals surface area contributed by atoms with Crippen molar-refractivity contribution in [2.75, 3.05) is 0 Å². The second kappa shape index (κ2) is 5.34. The molecule has 2 aromatic rings. The molecule has 0 fully saturated rings. The van der Waals surface area contributed by atoms with E-state index in [0.717, 1.165) is 0 Å². The lowest BCUT2D eigenvalue weighted by Gasteiger charge is -2.09. The second-order valence-corrected chi connectivity index (χ2v) is 5.90. The number of ether oxygens (including phenoxy) is 1. The third-order valence-corrected chi connectivity index (χ3v) is 3.60. The van der Waals surface area contributed by atoms with Crippen molar-refractivity contribution in [2.45, 2.75) is 4.90 Å². The number of aromatic nitrogens is 1. The monoisotopic (exact) mass is 318 g/mol. The van der Waals surface area contributed by atoms with E-state index in [1.807, 2.05) is 0 Å². The highest BCUT2D eigenvalue weighted by atomic mass is 35.5. The number of hydrogen-bond donors (Lipinski definition) is 1. The average molecular weight is 319 g/mol. The predicted octanol–water partition coefficient (Wildman–Crippen LogP) is 2.83. The van der Waals surface area contributed by atoms with Crippen LogP contribution in [-0.4, -0.2) is 13.4 Å². The fourth-order valence-electron chi connectivity index (χ4n) is 1.33. The van der Waals surface area contributed by atoms with E-state index >= 15 is 0 Å². The van der Waals surface area contributed by atoms with Crippen LogP contribution < -0.4 is 9.88 Å². The van der Waals surface area contributed by atoms with E-state index in [4.69, 9.17) is 33.1 Å². The molecule has 5 nitrogen and oxygen atoms in total. The number of nitrogens with two attached hydrogens (primary N) is 1. The number of primary sulfonamides is 1. The van der Waals surface area contributed by atoms with Crippen LogP contribution in [0, 0.1) is 0 Å². The minimum Gasteiger partial charge on any atom is -0.436 e. The Balaban J connectivity index is 2.44. The zero-order chi connectivity index (χ0) is 14.0. The third-order valence-electron chi connectivity index (χ3n) is 2.14. The molecule has 0 atom stereocenters. The normalized spacial score (nSPS) is 11.3. The molecule has 8 heteroatoms. The molecule has 0 radical (unpaired) electrons. The summed E-state index contributed by atoms with van der Waals surface area (Å²) < 4.78 is 28.1. The van der Waals surface area contributed by atoms with Crippen LogP contribution in [0.2, 0.25) is 10.0 Å². The summed E-state index contributed by atoms with van der Waals surface area (Å²) in [4.78, 5) is 3.61. The summed E-state index contributed by atoms with van der Waals surface area (Å²) >= 11 is 11.7. The van der Waals surface area contributed by atoms with Gasteiger partial charge in [0, 0.05) is 11.2 Å². The Bertz CT molecular complexity index is 720. The molecule has 1 heterocycles. The number of hydrogen-bond acceptors (Lipinski definition) is 4. The molecule has 0 aliphatic heterocycles. The number of nitrogens with zero attached hydrogens (tertiary/aromatic N) is 1. The van der Waals surface area contributed by atoms with Crippen molar-refractivity contribution in [3.63, 3.8) is 0 Å². The Morgan fingerprint density at radius 2 is 1.95 bits per heavy atom. The van der Waals surface area contributed by atoms with Gasteiger partial charge >= 0.3 is 0 Å². The van der Waals surface area contributed by atoms with E-state index in [1.165, 1.54) is 30.5 Å². The van der Waals surface area contributed by atoms with Crippen molar-refractivity contribution in [3.8, 4) is 11.6 Å². The molecule has 0 saturated carbocycles. The van der Waals surface area contributed by atoms with Crippen molar-refractivity contribution < 1.29 is 13.2 Å². The molecule has 1 aromatic heterocycles. The number of benzene rings is 1. The number of halogens is 2. The zero-order valence-electron chi connectivity index (χ0n) is 9.38. The highest BCUT2D eigenvalue weighted by Gasteiger charge is 2.17. The highest BCUT2D eigenvalue weighted by molar-refractivity contribution is 7.89. The van der Waals surface area contributed by atoms with E-state index in [-0.39, 0.29) is 21.5 Å². The fraction of sp³-hybridized carbons (Fsp3) is 0. The topological polar surface area (TPSA) is 82.3 Å². The van der Waals surface area contributed by atoms with Gasteiger partial charge in [-0.25, -0.2) is 18.5 Å². The Kier molecular flexibility index (Phi) is 3.96. The van der Waals surface area contributed by atoms with Gasteiger partial charge in [-0.2, -0.15) is 0 Å². The summed E-state index contributed by atoms with van der Waals surface area (Å²) in [7, 11) is -3.93. The number of rotatable bonds is 3. The maximum Gasteiger partial charge on any atom is 0.243 e. The number of sulfonamides is 1. The minimum absolute atomic E-state index is 0.144. The van der Waals surface area contributed by atoms with Gasteiger partial charge in [-0.15, -0.1) is 0 Å². The maximum absolute atomic E-state index is 11.4. The molecular formula is C11H8Cl2N2O3S. The van der Waals surface area contributed by atoms with Gasteiger partial charge in [0.1, 0.15) is 10.6 Å². The van der Waals surface area contributed by atoms with Crippen molar-refractivity contribution in [3.05, 3.63) is 46.6 Å². The predicted molar refractivity (Wildman–Crippen MR) is 72.1 cm³/mol. The van der Waals surface area contributed by atoms with Crippen LogP contribution in [0.25, 0.3) is 0 Å². The first-order valence-electron chi connectivity index (χ1n) is 4.98. The molecule has 0 bridgehead atoms. The van der Waals surface area contributed by atoms with Crippen molar-refractivity contribution in [1.29, 1.82) is 0 Å². The Labute approximate surface area is 120 Å². The summed E-state index contributed by atoms with van der Waals surface area (Å²) in [6.45, 7) is 0. The Morgan fingerprint density at radius 3 is 2.58 bits per heavy atom. The molecule has 0 amide bonds. The Hall–Kier alpha value is -1.34. The van der Waals surface area contributed by atoms with Crippen LogP contribution in [0.1, 0.15) is 0 Å². The van der Waals surface area contributed by atoms with Gasteiger partial charge < -0.3 is 4.74 Å². The molecule has 2 rings (SSSR count). The molecule has 2 N–H and O–H groups in total. The lowest BCUT2D eigenvalue weighted by atomic mass is 10.3. The number of pyridine rings is 1. The van der Waals surface area contributed by atoms with E-state index in [9.17, 15) is 8.42 Å². The van der Waals surface area contributed by atoms with E-state index in [1.54, 1.807) is 6.07 Å². The van der Waals surface area contributed by atoms with Gasteiger partial charge in [0.25, 0.3) is 0 Å². The van der Waals surface area contributed by atoms with Crippen LogP contribution in [0.5, 0.6) is 11.6 Å². The van der Waals surface area contributed by atoms with Gasteiger partial charge in [0.2, 0.25) is 15.9 Å². The van der Waals surface area contributed by atoms with Gasteiger partial charge in [0.05, 0.1) is 5.02 Å². The quantitative estimate of drug-likeness (QED) is 0.943. The lowest BCUT2D eigenvalue weighted by molar-refractivity contribution is 0.447. The summed E-state index contributed by atoms with van der Waals surface area (Å²) in [6, 6.07) is 7.27. The average Bonchev–Trinajstić information content (AvgIpc) is 2.32. The first-order valence-corrected chi connectivity index (χ1v) is 7.29. The van der Waals surface area contributed by atoms with Gasteiger partial charge in [0.15, 0.2) is 0 Å². The van der Waals surface area contributed by atoms with Gasteiger partial charge in [-0.05, 0) is 30.3 Å². The molecule has 19 heavy (non-hydrogen) atoms. The summed E-state index contributed by atoms with van der Waals surface area (Å²) in [6.07, 6.45) is 1.38. The van der Waals surface area contributed by atoms with Crippen LogP contribution in [-0.2, 0) is 10.0 Å². The summed E-state index contributed by atoms with van der Waals surface area (Å²) in [5.41, 5.74) is 0. The summed E-state index contributed by atoms with van der Waals surface area (Å²) in [5.74, 6) is 0.0869. The molecule has 0 aliphatic rings. The second-order valence-electron chi connectivity index (χ2n) is 3.53. The third kappa shape index (κ3) is 3.36. The van der Waals surface area contributed by atoms with E-state index < -0.39 is 10.0 Å². The molecule has 0 spiro atoms. The first-order chi connectivity index (χ1) is 8.88. The smallest absolute Gasteiger partial charge is 0.243 e. The highest BCUT2D eigenvalue weighted by Crippen LogP contribution is 2.32. The van der Waals surface area contributed by atoms with Crippen molar-refractivity contribution in [2.24, 2.45) is 5.14 Å². The van der Waals surface area contributed by atoms with Crippen molar-refractivity contribution >= 4 is 33.2 Å². The molecule has 100 valence electrons. The minimum atomic E-state index is -3.93. The maximum atomic E-state index is 11.4. The molecule has 0 saturated heterocycles. The van der Waals surface area contributed by atoms with Crippen LogP contribution in [0.4, 0.5) is 0 Å². The standard InChI is InChI=1S/C11H8Cl2N2O3S/c12-7-3-4-9(8(13)6-7)18-11-10(19(14,16)17)2-1-5-15-11/h1-6H,(H2,14,16,17). The van der Waals surface area contributed by atoms with Crippen LogP contribution >= 0.6 is 23.2 Å². The van der Waals surface area contributed by atoms with E-state index in [2.05, 4.69) is 4.98 Å². The zero-order valence-corrected chi connectivity index (χ0v) is 11.7. The van der Waals surface area contributed by atoms with E-state index in [0.29, 0.717) is 5.02 Å².